The van der Waals surface area contributed by atoms with Gasteiger partial charge in [0.25, 0.3) is 0 Å². The highest BCUT2D eigenvalue weighted by molar-refractivity contribution is 6.30. The summed E-state index contributed by atoms with van der Waals surface area (Å²) < 4.78 is 0. The number of halogens is 1. The zero-order chi connectivity index (χ0) is 15.4. The molecule has 0 unspecified atom stereocenters. The second-order valence-electron chi connectivity index (χ2n) is 6.64. The number of carbonyl (C=O) groups excluding carboxylic acids is 1. The highest BCUT2D eigenvalue weighted by Crippen LogP contribution is 2.28. The molecule has 0 aromatic heterocycles. The molecule has 2 aliphatic rings. The normalized spacial score (nSPS) is 20.5. The largest absolute Gasteiger partial charge is 0.340 e. The minimum absolute atomic E-state index is 0.370. The summed E-state index contributed by atoms with van der Waals surface area (Å²) in [5.41, 5.74) is 1.25. The Balaban J connectivity index is 1.44. The van der Waals surface area contributed by atoms with Crippen LogP contribution in [-0.4, -0.2) is 41.9 Å². The maximum absolute atomic E-state index is 12.4. The summed E-state index contributed by atoms with van der Waals surface area (Å²) in [5, 5.41) is 0.794. The van der Waals surface area contributed by atoms with Gasteiger partial charge in [-0.1, -0.05) is 36.6 Å². The van der Waals surface area contributed by atoms with E-state index in [4.69, 9.17) is 11.6 Å². The number of amides is 1. The van der Waals surface area contributed by atoms with Gasteiger partial charge in [0, 0.05) is 44.2 Å². The van der Waals surface area contributed by atoms with Gasteiger partial charge in [-0.3, -0.25) is 9.69 Å². The van der Waals surface area contributed by atoms with E-state index >= 15 is 0 Å². The molecule has 0 bridgehead atoms. The lowest BCUT2D eigenvalue weighted by Crippen LogP contribution is -2.48. The summed E-state index contributed by atoms with van der Waals surface area (Å²) in [6.07, 6.45) is 5.89. The van der Waals surface area contributed by atoms with Gasteiger partial charge in [0.15, 0.2) is 0 Å². The molecule has 3 rings (SSSR count). The van der Waals surface area contributed by atoms with Gasteiger partial charge in [-0.15, -0.1) is 0 Å². The summed E-state index contributed by atoms with van der Waals surface area (Å²) in [7, 11) is 0. The van der Waals surface area contributed by atoms with Crippen LogP contribution >= 0.6 is 11.6 Å². The predicted molar refractivity (Wildman–Crippen MR) is 89.9 cm³/mol. The maximum atomic E-state index is 12.4. The van der Waals surface area contributed by atoms with Crippen molar-refractivity contribution < 1.29 is 4.79 Å². The Bertz CT molecular complexity index is 506. The standard InChI is InChI=1S/C18H25ClN2O/c19-17-7-3-6-16(12-17)14-20-8-10-21(11-9-20)18(22)13-15-4-1-2-5-15/h3,6-7,12,15H,1-2,4-5,8-11,13-14H2. The molecule has 1 heterocycles. The lowest BCUT2D eigenvalue weighted by Gasteiger charge is -2.35. The quantitative estimate of drug-likeness (QED) is 0.847. The van der Waals surface area contributed by atoms with Gasteiger partial charge in [0.1, 0.15) is 0 Å². The van der Waals surface area contributed by atoms with E-state index in [9.17, 15) is 4.79 Å². The molecule has 1 saturated heterocycles. The lowest BCUT2D eigenvalue weighted by molar-refractivity contribution is -0.134. The fourth-order valence-corrected chi connectivity index (χ4v) is 3.85. The molecule has 0 N–H and O–H groups in total. The molecule has 0 radical (unpaired) electrons. The van der Waals surface area contributed by atoms with Crippen molar-refractivity contribution in [2.75, 3.05) is 26.2 Å². The van der Waals surface area contributed by atoms with Crippen LogP contribution in [0.5, 0.6) is 0 Å². The van der Waals surface area contributed by atoms with Crippen molar-refractivity contribution >= 4 is 17.5 Å². The van der Waals surface area contributed by atoms with Crippen molar-refractivity contribution in [3.8, 4) is 0 Å². The van der Waals surface area contributed by atoms with Gasteiger partial charge in [-0.2, -0.15) is 0 Å². The third-order valence-corrected chi connectivity index (χ3v) is 5.19. The average Bonchev–Trinajstić information content (AvgIpc) is 3.01. The van der Waals surface area contributed by atoms with E-state index in [-0.39, 0.29) is 0 Å². The first kappa shape index (κ1) is 15.8. The van der Waals surface area contributed by atoms with Crippen LogP contribution in [0.4, 0.5) is 0 Å². The Morgan fingerprint density at radius 1 is 1.14 bits per heavy atom. The van der Waals surface area contributed by atoms with Crippen molar-refractivity contribution in [3.63, 3.8) is 0 Å². The number of piperazine rings is 1. The highest BCUT2D eigenvalue weighted by atomic mass is 35.5. The van der Waals surface area contributed by atoms with Crippen LogP contribution < -0.4 is 0 Å². The first-order valence-corrected chi connectivity index (χ1v) is 8.83. The first-order valence-electron chi connectivity index (χ1n) is 8.45. The summed E-state index contributed by atoms with van der Waals surface area (Å²) in [4.78, 5) is 16.8. The molecule has 1 aromatic rings. The van der Waals surface area contributed by atoms with Gasteiger partial charge in [-0.25, -0.2) is 0 Å². The van der Waals surface area contributed by atoms with Crippen molar-refractivity contribution in [1.29, 1.82) is 0 Å². The molecule has 0 spiro atoms. The monoisotopic (exact) mass is 320 g/mol. The second-order valence-corrected chi connectivity index (χ2v) is 7.08. The molecule has 0 atom stereocenters. The van der Waals surface area contributed by atoms with E-state index in [1.165, 1.54) is 31.2 Å². The molecule has 1 aliphatic carbocycles. The SMILES string of the molecule is O=C(CC1CCCC1)N1CCN(Cc2cccc(Cl)c2)CC1. The Kier molecular flexibility index (Phi) is 5.37. The molecule has 1 saturated carbocycles. The molecule has 22 heavy (non-hydrogen) atoms. The van der Waals surface area contributed by atoms with E-state index in [1.807, 2.05) is 18.2 Å². The summed E-state index contributed by atoms with van der Waals surface area (Å²) in [5.74, 6) is 1.02. The molecule has 2 fully saturated rings. The molecular formula is C18H25ClN2O. The Hall–Kier alpha value is -1.06. The van der Waals surface area contributed by atoms with Crippen LogP contribution in [0, 0.1) is 5.92 Å². The molecule has 3 nitrogen and oxygen atoms in total. The molecule has 4 heteroatoms. The number of benzene rings is 1. The van der Waals surface area contributed by atoms with Crippen LogP contribution in [0.3, 0.4) is 0 Å². The van der Waals surface area contributed by atoms with Gasteiger partial charge in [-0.05, 0) is 36.5 Å². The van der Waals surface area contributed by atoms with Gasteiger partial charge < -0.3 is 4.90 Å². The number of rotatable bonds is 4. The third kappa shape index (κ3) is 4.23. The first-order chi connectivity index (χ1) is 10.7. The number of carbonyl (C=O) groups is 1. The topological polar surface area (TPSA) is 23.6 Å². The van der Waals surface area contributed by atoms with Crippen LogP contribution in [0.15, 0.2) is 24.3 Å². The van der Waals surface area contributed by atoms with E-state index in [2.05, 4.69) is 15.9 Å². The van der Waals surface area contributed by atoms with Crippen molar-refractivity contribution in [3.05, 3.63) is 34.9 Å². The van der Waals surface area contributed by atoms with Crippen molar-refractivity contribution in [2.24, 2.45) is 5.92 Å². The van der Waals surface area contributed by atoms with E-state index in [0.717, 1.165) is 44.2 Å². The smallest absolute Gasteiger partial charge is 0.222 e. The highest BCUT2D eigenvalue weighted by Gasteiger charge is 2.25. The number of hydrogen-bond donors (Lipinski definition) is 0. The number of nitrogens with zero attached hydrogens (tertiary/aromatic N) is 2. The van der Waals surface area contributed by atoms with Crippen LogP contribution in [0.2, 0.25) is 5.02 Å². The Labute approximate surface area is 138 Å². The third-order valence-electron chi connectivity index (χ3n) is 4.96. The van der Waals surface area contributed by atoms with Gasteiger partial charge in [0.05, 0.1) is 0 Å². The van der Waals surface area contributed by atoms with E-state index in [0.29, 0.717) is 11.8 Å². The van der Waals surface area contributed by atoms with E-state index in [1.54, 1.807) is 0 Å². The van der Waals surface area contributed by atoms with E-state index < -0.39 is 0 Å². The molecule has 120 valence electrons. The van der Waals surface area contributed by atoms with Crippen molar-refractivity contribution in [2.45, 2.75) is 38.6 Å². The second kappa shape index (κ2) is 7.47. The van der Waals surface area contributed by atoms with Crippen LogP contribution in [0.25, 0.3) is 0 Å². The van der Waals surface area contributed by atoms with Gasteiger partial charge in [0.2, 0.25) is 5.91 Å². The summed E-state index contributed by atoms with van der Waals surface area (Å²) in [6.45, 7) is 4.58. The summed E-state index contributed by atoms with van der Waals surface area (Å²) >= 11 is 6.04. The van der Waals surface area contributed by atoms with Crippen LogP contribution in [0.1, 0.15) is 37.7 Å². The minimum Gasteiger partial charge on any atom is -0.340 e. The lowest BCUT2D eigenvalue weighted by atomic mass is 10.0. The van der Waals surface area contributed by atoms with Crippen LogP contribution in [-0.2, 0) is 11.3 Å². The predicted octanol–water partition coefficient (Wildman–Crippen LogP) is 3.56. The number of hydrogen-bond acceptors (Lipinski definition) is 2. The average molecular weight is 321 g/mol. The molecular weight excluding hydrogens is 296 g/mol. The Morgan fingerprint density at radius 3 is 2.55 bits per heavy atom. The molecule has 1 amide bonds. The zero-order valence-corrected chi connectivity index (χ0v) is 13.9. The molecule has 1 aliphatic heterocycles. The fourth-order valence-electron chi connectivity index (χ4n) is 3.64. The molecule has 1 aromatic carbocycles. The van der Waals surface area contributed by atoms with Crippen molar-refractivity contribution in [1.82, 2.24) is 9.80 Å². The Morgan fingerprint density at radius 2 is 1.86 bits per heavy atom. The van der Waals surface area contributed by atoms with Gasteiger partial charge >= 0.3 is 0 Å². The minimum atomic E-state index is 0.370. The maximum Gasteiger partial charge on any atom is 0.222 e. The fraction of sp³-hybridized carbons (Fsp3) is 0.611. The summed E-state index contributed by atoms with van der Waals surface area (Å²) in [6, 6.07) is 8.05. The zero-order valence-electron chi connectivity index (χ0n) is 13.1.